The number of carbonyl (C=O) groups is 2. The number of nitrogens with one attached hydrogen (secondary N) is 2. The van der Waals surface area contributed by atoms with Gasteiger partial charge in [0.1, 0.15) is 0 Å². The molecule has 5 nitrogen and oxygen atoms in total. The second-order valence-corrected chi connectivity index (χ2v) is 8.41. The molecule has 2 unspecified atom stereocenters. The molecule has 2 aliphatic rings. The van der Waals surface area contributed by atoms with Gasteiger partial charge in [-0.25, -0.2) is 0 Å². The lowest BCUT2D eigenvalue weighted by Gasteiger charge is -2.43. The van der Waals surface area contributed by atoms with Gasteiger partial charge < -0.3 is 16.4 Å². The van der Waals surface area contributed by atoms with E-state index in [4.69, 9.17) is 5.73 Å². The summed E-state index contributed by atoms with van der Waals surface area (Å²) in [6, 6.07) is 7.64. The van der Waals surface area contributed by atoms with Crippen LogP contribution in [0.25, 0.3) is 0 Å². The first-order chi connectivity index (χ1) is 12.4. The largest absolute Gasteiger partial charge is 0.327 e. The molecular weight excluding hydrogens is 362 g/mol. The Labute approximate surface area is 168 Å². The number of halogens is 1. The maximum Gasteiger partial charge on any atom is 0.227 e. The molecule has 2 aliphatic carbocycles. The lowest BCUT2D eigenvalue weighted by molar-refractivity contribution is -0.122. The van der Waals surface area contributed by atoms with E-state index in [0.717, 1.165) is 37.1 Å². The normalized spacial score (nSPS) is 26.8. The monoisotopic (exact) mass is 393 g/mol. The van der Waals surface area contributed by atoms with Gasteiger partial charge in [0.2, 0.25) is 11.8 Å². The molecule has 0 heterocycles. The maximum absolute atomic E-state index is 12.7. The zero-order valence-corrected chi connectivity index (χ0v) is 17.1. The number of anilines is 2. The quantitative estimate of drug-likeness (QED) is 0.701. The van der Waals surface area contributed by atoms with E-state index in [0.29, 0.717) is 24.2 Å². The van der Waals surface area contributed by atoms with Gasteiger partial charge in [0.05, 0.1) is 0 Å². The third-order valence-corrected chi connectivity index (χ3v) is 5.81. The molecule has 1 aromatic rings. The topological polar surface area (TPSA) is 84.2 Å². The number of benzene rings is 1. The van der Waals surface area contributed by atoms with E-state index >= 15 is 0 Å². The van der Waals surface area contributed by atoms with Crippen LogP contribution in [0.5, 0.6) is 0 Å². The molecule has 2 atom stereocenters. The minimum atomic E-state index is 0. The first-order valence-corrected chi connectivity index (χ1v) is 9.88. The van der Waals surface area contributed by atoms with Crippen LogP contribution in [-0.2, 0) is 9.59 Å². The second kappa shape index (κ2) is 9.56. The highest BCUT2D eigenvalue weighted by molar-refractivity contribution is 5.94. The summed E-state index contributed by atoms with van der Waals surface area (Å²) in [5.41, 5.74) is 7.85. The molecule has 2 saturated carbocycles. The molecule has 2 fully saturated rings. The van der Waals surface area contributed by atoms with Crippen LogP contribution in [0.4, 0.5) is 11.4 Å². The van der Waals surface area contributed by atoms with Gasteiger partial charge in [0.25, 0.3) is 0 Å². The number of nitrogens with two attached hydrogens (primary N) is 1. The molecule has 27 heavy (non-hydrogen) atoms. The van der Waals surface area contributed by atoms with E-state index in [2.05, 4.69) is 10.6 Å². The van der Waals surface area contributed by atoms with Crippen molar-refractivity contribution >= 4 is 35.6 Å². The van der Waals surface area contributed by atoms with Crippen LogP contribution in [0.2, 0.25) is 0 Å². The van der Waals surface area contributed by atoms with E-state index in [1.807, 2.05) is 38.1 Å². The molecule has 0 aliphatic heterocycles. The summed E-state index contributed by atoms with van der Waals surface area (Å²) in [4.78, 5) is 24.5. The molecule has 0 aromatic heterocycles. The first kappa shape index (κ1) is 21.7. The number of hydrogen-bond acceptors (Lipinski definition) is 3. The lowest BCUT2D eigenvalue weighted by Crippen LogP contribution is -2.48. The van der Waals surface area contributed by atoms with Crippen molar-refractivity contribution in [1.82, 2.24) is 0 Å². The van der Waals surface area contributed by atoms with E-state index in [-0.39, 0.29) is 36.2 Å². The molecule has 1 aromatic carbocycles. The van der Waals surface area contributed by atoms with Crippen molar-refractivity contribution in [3.8, 4) is 0 Å². The molecule has 2 amide bonds. The Morgan fingerprint density at radius 3 is 2.07 bits per heavy atom. The number of rotatable bonds is 5. The van der Waals surface area contributed by atoms with Crippen LogP contribution in [0, 0.1) is 23.7 Å². The van der Waals surface area contributed by atoms with E-state index in [1.54, 1.807) is 0 Å². The Hall–Kier alpha value is -1.59. The Morgan fingerprint density at radius 1 is 1.04 bits per heavy atom. The van der Waals surface area contributed by atoms with Gasteiger partial charge in [0.15, 0.2) is 0 Å². The van der Waals surface area contributed by atoms with Crippen molar-refractivity contribution in [2.24, 2.45) is 29.4 Å². The van der Waals surface area contributed by atoms with Crippen LogP contribution in [0.15, 0.2) is 24.3 Å². The summed E-state index contributed by atoms with van der Waals surface area (Å²) in [7, 11) is 0. The fraction of sp³-hybridized carbons (Fsp3) is 0.619. The summed E-state index contributed by atoms with van der Waals surface area (Å²) in [5, 5.41) is 5.92. The minimum Gasteiger partial charge on any atom is -0.327 e. The van der Waals surface area contributed by atoms with Gasteiger partial charge in [0, 0.05) is 29.8 Å². The number of amides is 2. The van der Waals surface area contributed by atoms with E-state index in [9.17, 15) is 9.59 Å². The van der Waals surface area contributed by atoms with Crippen molar-refractivity contribution in [3.63, 3.8) is 0 Å². The van der Waals surface area contributed by atoms with Crippen molar-refractivity contribution in [1.29, 1.82) is 0 Å². The van der Waals surface area contributed by atoms with Crippen LogP contribution >= 0.6 is 12.4 Å². The Morgan fingerprint density at radius 2 is 1.56 bits per heavy atom. The number of hydrogen-bond donors (Lipinski definition) is 3. The molecular formula is C21H32ClN3O2. The Bertz CT molecular complexity index is 633. The van der Waals surface area contributed by atoms with Crippen molar-refractivity contribution in [2.75, 3.05) is 10.6 Å². The zero-order valence-electron chi connectivity index (χ0n) is 16.2. The molecule has 0 spiro atoms. The second-order valence-electron chi connectivity index (χ2n) is 8.41. The average Bonchev–Trinajstić information content (AvgIpc) is 2.55. The maximum atomic E-state index is 12.7. The zero-order chi connectivity index (χ0) is 18.7. The summed E-state index contributed by atoms with van der Waals surface area (Å²) in [6.45, 7) is 4.04. The van der Waals surface area contributed by atoms with Gasteiger partial charge in [-0.3, -0.25) is 9.59 Å². The summed E-state index contributed by atoms with van der Waals surface area (Å²) >= 11 is 0. The molecule has 4 N–H and O–H groups in total. The summed E-state index contributed by atoms with van der Waals surface area (Å²) < 4.78 is 0. The number of fused-ring (bicyclic) bond motifs is 2. The average molecular weight is 394 g/mol. The van der Waals surface area contributed by atoms with Crippen molar-refractivity contribution < 1.29 is 9.59 Å². The highest BCUT2D eigenvalue weighted by Crippen LogP contribution is 2.42. The lowest BCUT2D eigenvalue weighted by atomic mass is 9.65. The van der Waals surface area contributed by atoms with Gasteiger partial charge in [-0.1, -0.05) is 20.3 Å². The fourth-order valence-electron chi connectivity index (χ4n) is 4.47. The van der Waals surface area contributed by atoms with Crippen LogP contribution < -0.4 is 16.4 Å². The predicted octanol–water partition coefficient (Wildman–Crippen LogP) is 4.19. The highest BCUT2D eigenvalue weighted by Gasteiger charge is 2.40. The SMILES string of the molecule is CC(C)CC(=O)Nc1ccc(NC(=O)C2CC3CCCC(C2)C3N)cc1.Cl. The third kappa shape index (κ3) is 5.69. The Kier molecular flexibility index (Phi) is 7.68. The molecule has 2 bridgehead atoms. The highest BCUT2D eigenvalue weighted by atomic mass is 35.5. The molecule has 150 valence electrons. The molecule has 3 rings (SSSR count). The van der Waals surface area contributed by atoms with Gasteiger partial charge in [-0.05, 0) is 67.7 Å². The predicted molar refractivity (Wildman–Crippen MR) is 112 cm³/mol. The Balaban J connectivity index is 0.00000261. The minimum absolute atomic E-state index is 0. The van der Waals surface area contributed by atoms with Crippen molar-refractivity contribution in [2.45, 2.75) is 58.4 Å². The molecule has 0 radical (unpaired) electrons. The van der Waals surface area contributed by atoms with Crippen molar-refractivity contribution in [3.05, 3.63) is 24.3 Å². The standard InChI is InChI=1S/C21H31N3O2.ClH/c1-13(2)10-19(25)23-17-6-8-18(9-7-17)24-21(26)16-11-14-4-3-5-15(12-16)20(14)22;/h6-9,13-16,20H,3-5,10-12,22H2,1-2H3,(H,23,25)(H,24,26);1H. The molecule has 0 saturated heterocycles. The van der Waals surface area contributed by atoms with Crippen LogP contribution in [-0.4, -0.2) is 17.9 Å². The summed E-state index contributed by atoms with van der Waals surface area (Å²) in [6.07, 6.45) is 5.89. The van der Waals surface area contributed by atoms with Crippen LogP contribution in [0.1, 0.15) is 52.4 Å². The summed E-state index contributed by atoms with van der Waals surface area (Å²) in [5.74, 6) is 1.51. The van der Waals surface area contributed by atoms with Crippen LogP contribution in [0.3, 0.4) is 0 Å². The first-order valence-electron chi connectivity index (χ1n) is 9.88. The fourth-order valence-corrected chi connectivity index (χ4v) is 4.47. The smallest absolute Gasteiger partial charge is 0.227 e. The van der Waals surface area contributed by atoms with Gasteiger partial charge >= 0.3 is 0 Å². The van der Waals surface area contributed by atoms with Gasteiger partial charge in [-0.15, -0.1) is 12.4 Å². The van der Waals surface area contributed by atoms with E-state index in [1.165, 1.54) is 6.42 Å². The van der Waals surface area contributed by atoms with Gasteiger partial charge in [-0.2, -0.15) is 0 Å². The van der Waals surface area contributed by atoms with E-state index < -0.39 is 0 Å². The third-order valence-electron chi connectivity index (χ3n) is 5.81. The number of carbonyl (C=O) groups excluding carboxylic acids is 2. The molecule has 6 heteroatoms.